The van der Waals surface area contributed by atoms with E-state index in [-0.39, 0.29) is 18.0 Å². The summed E-state index contributed by atoms with van der Waals surface area (Å²) in [5, 5.41) is 3.06. The van der Waals surface area contributed by atoms with Crippen molar-refractivity contribution >= 4 is 15.8 Å². The number of nitrogens with zero attached hydrogens (tertiary/aromatic N) is 3. The van der Waals surface area contributed by atoms with Crippen LogP contribution in [-0.2, 0) is 14.8 Å². The van der Waals surface area contributed by atoms with Crippen LogP contribution in [0.2, 0.25) is 0 Å². The summed E-state index contributed by atoms with van der Waals surface area (Å²) >= 11 is 0. The fourth-order valence-corrected chi connectivity index (χ4v) is 4.09. The van der Waals surface area contributed by atoms with Crippen molar-refractivity contribution in [1.29, 1.82) is 0 Å². The van der Waals surface area contributed by atoms with E-state index in [1.54, 1.807) is 6.07 Å². The molecule has 1 N–H and O–H groups in total. The Balaban J connectivity index is 1.92. The van der Waals surface area contributed by atoms with Gasteiger partial charge in [0.25, 0.3) is 0 Å². The second-order valence-corrected chi connectivity index (χ2v) is 7.85. The van der Waals surface area contributed by atoms with Gasteiger partial charge in [0.15, 0.2) is 0 Å². The van der Waals surface area contributed by atoms with Crippen LogP contribution in [0.25, 0.3) is 0 Å². The van der Waals surface area contributed by atoms with Gasteiger partial charge in [-0.15, -0.1) is 0 Å². The van der Waals surface area contributed by atoms with Crippen LogP contribution in [0.4, 0.5) is 5.82 Å². The largest absolute Gasteiger partial charge is 0.373 e. The molecule has 1 fully saturated rings. The molecule has 0 unspecified atom stereocenters. The third-order valence-electron chi connectivity index (χ3n) is 3.41. The highest BCUT2D eigenvalue weighted by Crippen LogP contribution is 2.15. The zero-order valence-electron chi connectivity index (χ0n) is 13.5. The molecule has 0 saturated carbocycles. The Hall–Kier alpha value is -1.25. The first-order chi connectivity index (χ1) is 10.3. The number of nitrogens with one attached hydrogen (secondary N) is 1. The fourth-order valence-electron chi connectivity index (χ4n) is 2.60. The lowest BCUT2D eigenvalue weighted by Crippen LogP contribution is -2.49. The summed E-state index contributed by atoms with van der Waals surface area (Å²) in [6.07, 6.45) is -0.141. The summed E-state index contributed by atoms with van der Waals surface area (Å²) in [6.45, 7) is 8.62. The van der Waals surface area contributed by atoms with Crippen molar-refractivity contribution in [2.75, 3.05) is 30.7 Å². The van der Waals surface area contributed by atoms with Crippen LogP contribution in [0.3, 0.4) is 0 Å². The molecule has 1 saturated heterocycles. The van der Waals surface area contributed by atoms with Crippen LogP contribution in [0, 0.1) is 13.8 Å². The normalized spacial score (nSPS) is 23.5. The fraction of sp³-hybridized carbons (Fsp3) is 0.714. The minimum atomic E-state index is -3.29. The molecule has 0 amide bonds. The second-order valence-electron chi connectivity index (χ2n) is 5.76. The number of aryl methyl sites for hydroxylation is 2. The first-order valence-electron chi connectivity index (χ1n) is 7.45. The minimum absolute atomic E-state index is 0.0362. The lowest BCUT2D eigenvalue weighted by molar-refractivity contribution is -0.0440. The quantitative estimate of drug-likeness (QED) is 0.866. The Morgan fingerprint density at radius 1 is 1.27 bits per heavy atom. The molecule has 0 aliphatic carbocycles. The van der Waals surface area contributed by atoms with Gasteiger partial charge >= 0.3 is 0 Å². The van der Waals surface area contributed by atoms with Crippen LogP contribution in [0.1, 0.15) is 25.4 Å². The van der Waals surface area contributed by atoms with Gasteiger partial charge in [0, 0.05) is 31.4 Å². The Labute approximate surface area is 132 Å². The van der Waals surface area contributed by atoms with E-state index in [4.69, 9.17) is 4.74 Å². The Kier molecular flexibility index (Phi) is 5.36. The lowest BCUT2D eigenvalue weighted by Gasteiger charge is -2.34. The summed E-state index contributed by atoms with van der Waals surface area (Å²) in [6, 6.07) is 1.80. The highest BCUT2D eigenvalue weighted by atomic mass is 32.2. The molecule has 2 heterocycles. The lowest BCUT2D eigenvalue weighted by atomic mass is 10.3. The molecule has 2 rings (SSSR count). The van der Waals surface area contributed by atoms with Crippen molar-refractivity contribution in [3.05, 3.63) is 17.6 Å². The first-order valence-corrected chi connectivity index (χ1v) is 9.06. The van der Waals surface area contributed by atoms with Crippen LogP contribution < -0.4 is 5.32 Å². The van der Waals surface area contributed by atoms with E-state index in [1.165, 1.54) is 4.31 Å². The molecule has 1 aromatic rings. The number of sulfonamides is 1. The molecule has 7 nitrogen and oxygen atoms in total. The Bertz CT molecular complexity index is 590. The number of hydrogen-bond donors (Lipinski definition) is 1. The van der Waals surface area contributed by atoms with Gasteiger partial charge in [-0.1, -0.05) is 0 Å². The summed E-state index contributed by atoms with van der Waals surface area (Å²) in [5.41, 5.74) is 0.855. The van der Waals surface area contributed by atoms with Crippen molar-refractivity contribution in [3.8, 4) is 0 Å². The van der Waals surface area contributed by atoms with Crippen LogP contribution >= 0.6 is 0 Å². The van der Waals surface area contributed by atoms with Crippen LogP contribution in [-0.4, -0.2) is 60.3 Å². The van der Waals surface area contributed by atoms with Gasteiger partial charge in [0.1, 0.15) is 11.6 Å². The molecule has 0 bridgehead atoms. The predicted molar refractivity (Wildman–Crippen MR) is 85.4 cm³/mol. The minimum Gasteiger partial charge on any atom is -0.373 e. The van der Waals surface area contributed by atoms with Crippen molar-refractivity contribution in [3.63, 3.8) is 0 Å². The van der Waals surface area contributed by atoms with Gasteiger partial charge in [-0.2, -0.15) is 4.31 Å². The van der Waals surface area contributed by atoms with Gasteiger partial charge in [-0.05, 0) is 27.7 Å². The molecular formula is C14H24N4O3S. The topological polar surface area (TPSA) is 84.4 Å². The third-order valence-corrected chi connectivity index (χ3v) is 5.22. The summed E-state index contributed by atoms with van der Waals surface area (Å²) in [5.74, 6) is 1.36. The molecule has 124 valence electrons. The Morgan fingerprint density at radius 2 is 1.91 bits per heavy atom. The average molecular weight is 328 g/mol. The highest BCUT2D eigenvalue weighted by molar-refractivity contribution is 7.89. The van der Waals surface area contributed by atoms with Gasteiger partial charge in [-0.25, -0.2) is 18.4 Å². The summed E-state index contributed by atoms with van der Waals surface area (Å²) < 4.78 is 31.9. The molecule has 0 aromatic carbocycles. The van der Waals surface area contributed by atoms with E-state index < -0.39 is 10.0 Å². The average Bonchev–Trinajstić information content (AvgIpc) is 2.36. The molecule has 1 aliphatic rings. The summed E-state index contributed by atoms with van der Waals surface area (Å²) in [7, 11) is -3.29. The SMILES string of the molecule is Cc1cc(NCCS(=O)(=O)N2C[C@@H](C)O[C@@H](C)C2)nc(C)n1. The zero-order valence-corrected chi connectivity index (χ0v) is 14.4. The van der Waals surface area contributed by atoms with Gasteiger partial charge in [-0.3, -0.25) is 0 Å². The van der Waals surface area contributed by atoms with Gasteiger partial charge in [0.2, 0.25) is 10.0 Å². The van der Waals surface area contributed by atoms with E-state index in [2.05, 4.69) is 15.3 Å². The van der Waals surface area contributed by atoms with E-state index in [9.17, 15) is 8.42 Å². The molecule has 1 aliphatic heterocycles. The number of morpholine rings is 1. The van der Waals surface area contributed by atoms with Crippen molar-refractivity contribution in [1.82, 2.24) is 14.3 Å². The highest BCUT2D eigenvalue weighted by Gasteiger charge is 2.30. The van der Waals surface area contributed by atoms with Crippen LogP contribution in [0.5, 0.6) is 0 Å². The molecule has 0 spiro atoms. The monoisotopic (exact) mass is 328 g/mol. The summed E-state index contributed by atoms with van der Waals surface area (Å²) in [4.78, 5) is 8.43. The van der Waals surface area contributed by atoms with E-state index in [1.807, 2.05) is 27.7 Å². The van der Waals surface area contributed by atoms with Gasteiger partial charge < -0.3 is 10.1 Å². The van der Waals surface area contributed by atoms with Crippen molar-refractivity contribution in [2.24, 2.45) is 0 Å². The number of aromatic nitrogens is 2. The first kappa shape index (κ1) is 17.1. The number of hydrogen-bond acceptors (Lipinski definition) is 6. The van der Waals surface area contributed by atoms with Gasteiger partial charge in [0.05, 0.1) is 18.0 Å². The Morgan fingerprint density at radius 3 is 2.50 bits per heavy atom. The predicted octanol–water partition coefficient (Wildman–Crippen LogP) is 0.944. The molecule has 1 aromatic heterocycles. The number of anilines is 1. The smallest absolute Gasteiger partial charge is 0.216 e. The van der Waals surface area contributed by atoms with E-state index in [0.717, 1.165) is 5.69 Å². The number of ether oxygens (including phenoxy) is 1. The molecular weight excluding hydrogens is 304 g/mol. The van der Waals surface area contributed by atoms with E-state index in [0.29, 0.717) is 31.3 Å². The molecule has 8 heteroatoms. The van der Waals surface area contributed by atoms with Crippen LogP contribution in [0.15, 0.2) is 6.07 Å². The maximum absolute atomic E-state index is 12.4. The van der Waals surface area contributed by atoms with Crippen molar-refractivity contribution in [2.45, 2.75) is 39.9 Å². The maximum atomic E-state index is 12.4. The molecule has 0 radical (unpaired) electrons. The second kappa shape index (κ2) is 6.89. The maximum Gasteiger partial charge on any atom is 0.216 e. The van der Waals surface area contributed by atoms with E-state index >= 15 is 0 Å². The molecule has 2 atom stereocenters. The van der Waals surface area contributed by atoms with Crippen molar-refractivity contribution < 1.29 is 13.2 Å². The zero-order chi connectivity index (χ0) is 16.3. The third kappa shape index (κ3) is 4.62. The molecule has 22 heavy (non-hydrogen) atoms. The number of rotatable bonds is 5. The standard InChI is InChI=1S/C14H24N4O3S/c1-10-7-14(17-13(4)16-10)15-5-6-22(19,20)18-8-11(2)21-12(3)9-18/h7,11-12H,5-6,8-9H2,1-4H3,(H,15,16,17)/t11-,12+.